The number of rotatable bonds is 5. The zero-order chi connectivity index (χ0) is 14.6. The van der Waals surface area contributed by atoms with Crippen LogP contribution in [0.25, 0.3) is 0 Å². The van der Waals surface area contributed by atoms with Crippen molar-refractivity contribution in [2.24, 2.45) is 0 Å². The molecule has 0 spiro atoms. The van der Waals surface area contributed by atoms with Gasteiger partial charge in [-0.15, -0.1) is 11.6 Å². The van der Waals surface area contributed by atoms with E-state index in [1.807, 2.05) is 0 Å². The molecule has 0 N–H and O–H groups in total. The Morgan fingerprint density at radius 1 is 1.21 bits per heavy atom. The van der Waals surface area contributed by atoms with E-state index in [2.05, 4.69) is 4.74 Å². The highest BCUT2D eigenvalue weighted by atomic mass is 35.5. The smallest absolute Gasteiger partial charge is 0.376 e. The standard InChI is InChI=1S/C12H9Cl3O4/c1-2-19-12(18)11(17)9(15)10(16)6-3-4-7(13)8(14)5-6/h3-5,9H,2H2,1H3. The molecule has 0 aromatic heterocycles. The molecule has 0 saturated carbocycles. The van der Waals surface area contributed by atoms with Crippen LogP contribution in [0.3, 0.4) is 0 Å². The van der Waals surface area contributed by atoms with Gasteiger partial charge in [0.15, 0.2) is 11.2 Å². The summed E-state index contributed by atoms with van der Waals surface area (Å²) in [4.78, 5) is 34.6. The number of carbonyl (C=O) groups is 3. The highest BCUT2D eigenvalue weighted by Gasteiger charge is 2.31. The first-order valence-corrected chi connectivity index (χ1v) is 6.42. The summed E-state index contributed by atoms with van der Waals surface area (Å²) in [6.45, 7) is 1.56. The average Bonchev–Trinajstić information content (AvgIpc) is 2.39. The molecule has 102 valence electrons. The number of halogens is 3. The van der Waals surface area contributed by atoms with Gasteiger partial charge in [-0.3, -0.25) is 9.59 Å². The normalized spacial score (nSPS) is 11.8. The summed E-state index contributed by atoms with van der Waals surface area (Å²) in [6.07, 6.45) is 0. The van der Waals surface area contributed by atoms with E-state index < -0.39 is 22.9 Å². The van der Waals surface area contributed by atoms with Crippen LogP contribution in [-0.4, -0.2) is 29.5 Å². The number of Topliss-reactive ketones (excluding diaryl/α,β-unsaturated/α-hetero) is 2. The van der Waals surface area contributed by atoms with E-state index in [4.69, 9.17) is 34.8 Å². The van der Waals surface area contributed by atoms with E-state index in [0.717, 1.165) is 0 Å². The Morgan fingerprint density at radius 3 is 2.37 bits per heavy atom. The van der Waals surface area contributed by atoms with E-state index in [0.29, 0.717) is 0 Å². The van der Waals surface area contributed by atoms with E-state index in [1.165, 1.54) is 25.1 Å². The first kappa shape index (κ1) is 16.0. The van der Waals surface area contributed by atoms with Crippen molar-refractivity contribution >= 4 is 52.3 Å². The lowest BCUT2D eigenvalue weighted by molar-refractivity contribution is -0.153. The van der Waals surface area contributed by atoms with Gasteiger partial charge in [-0.1, -0.05) is 23.2 Å². The van der Waals surface area contributed by atoms with Gasteiger partial charge in [0.05, 0.1) is 16.7 Å². The van der Waals surface area contributed by atoms with Crippen LogP contribution in [0.4, 0.5) is 0 Å². The molecule has 1 rings (SSSR count). The lowest BCUT2D eigenvalue weighted by Crippen LogP contribution is -2.32. The highest BCUT2D eigenvalue weighted by molar-refractivity contribution is 6.56. The summed E-state index contributed by atoms with van der Waals surface area (Å²) < 4.78 is 4.48. The molecule has 0 heterocycles. The fraction of sp³-hybridized carbons (Fsp3) is 0.250. The first-order chi connectivity index (χ1) is 8.88. The summed E-state index contributed by atoms with van der Waals surface area (Å²) in [6, 6.07) is 4.04. The number of hydrogen-bond donors (Lipinski definition) is 0. The zero-order valence-electron chi connectivity index (χ0n) is 9.78. The van der Waals surface area contributed by atoms with Gasteiger partial charge in [0.25, 0.3) is 5.78 Å². The van der Waals surface area contributed by atoms with Crippen molar-refractivity contribution in [1.29, 1.82) is 0 Å². The van der Waals surface area contributed by atoms with Crippen LogP contribution in [0.15, 0.2) is 18.2 Å². The molecule has 0 aliphatic rings. The number of hydrogen-bond acceptors (Lipinski definition) is 4. The Kier molecular flexibility index (Phi) is 5.79. The maximum absolute atomic E-state index is 11.9. The maximum Gasteiger partial charge on any atom is 0.376 e. The minimum atomic E-state index is -1.64. The van der Waals surface area contributed by atoms with Crippen molar-refractivity contribution in [2.75, 3.05) is 6.61 Å². The van der Waals surface area contributed by atoms with Gasteiger partial charge in [-0.05, 0) is 25.1 Å². The van der Waals surface area contributed by atoms with Crippen LogP contribution in [-0.2, 0) is 14.3 Å². The fourth-order valence-corrected chi connectivity index (χ4v) is 1.73. The summed E-state index contributed by atoms with van der Waals surface area (Å²) in [5, 5.41) is -1.22. The maximum atomic E-state index is 11.9. The summed E-state index contributed by atoms with van der Waals surface area (Å²) in [5.74, 6) is -2.99. The molecule has 7 heteroatoms. The van der Waals surface area contributed by atoms with Gasteiger partial charge in [0, 0.05) is 5.56 Å². The molecule has 0 fully saturated rings. The van der Waals surface area contributed by atoms with Gasteiger partial charge in [0.2, 0.25) is 0 Å². The fourth-order valence-electron chi connectivity index (χ4n) is 1.22. The number of ketones is 2. The summed E-state index contributed by atoms with van der Waals surface area (Å²) >= 11 is 17.1. The number of ether oxygens (including phenoxy) is 1. The quantitative estimate of drug-likeness (QED) is 0.275. The van der Waals surface area contributed by atoms with Crippen molar-refractivity contribution in [1.82, 2.24) is 0 Å². The second-order valence-electron chi connectivity index (χ2n) is 3.44. The molecular weight excluding hydrogens is 314 g/mol. The Balaban J connectivity index is 2.90. The van der Waals surface area contributed by atoms with Gasteiger partial charge < -0.3 is 4.74 Å². The Hall–Kier alpha value is -1.10. The SMILES string of the molecule is CCOC(=O)C(=O)C(Cl)C(=O)c1ccc(Cl)c(Cl)c1. The van der Waals surface area contributed by atoms with Gasteiger partial charge >= 0.3 is 5.97 Å². The van der Waals surface area contributed by atoms with Crippen molar-refractivity contribution in [3.8, 4) is 0 Å². The molecule has 0 amide bonds. The average molecular weight is 324 g/mol. The molecule has 1 unspecified atom stereocenters. The molecular formula is C12H9Cl3O4. The lowest BCUT2D eigenvalue weighted by Gasteiger charge is -2.07. The molecule has 1 aromatic carbocycles. The lowest BCUT2D eigenvalue weighted by atomic mass is 10.1. The third-order valence-electron chi connectivity index (χ3n) is 2.14. The second-order valence-corrected chi connectivity index (χ2v) is 4.69. The third-order valence-corrected chi connectivity index (χ3v) is 3.28. The van der Waals surface area contributed by atoms with Gasteiger partial charge in [0.1, 0.15) is 0 Å². The topological polar surface area (TPSA) is 60.4 Å². The van der Waals surface area contributed by atoms with Gasteiger partial charge in [-0.2, -0.15) is 0 Å². The molecule has 19 heavy (non-hydrogen) atoms. The molecule has 0 aliphatic heterocycles. The monoisotopic (exact) mass is 322 g/mol. The van der Waals surface area contributed by atoms with E-state index in [-0.39, 0.29) is 22.2 Å². The minimum absolute atomic E-state index is 0.0230. The molecule has 0 aliphatic carbocycles. The van der Waals surface area contributed by atoms with E-state index >= 15 is 0 Å². The molecule has 0 saturated heterocycles. The molecule has 1 aromatic rings. The van der Waals surface area contributed by atoms with Crippen molar-refractivity contribution in [3.05, 3.63) is 33.8 Å². The number of carbonyl (C=O) groups excluding carboxylic acids is 3. The Bertz CT molecular complexity index is 528. The zero-order valence-corrected chi connectivity index (χ0v) is 12.1. The predicted molar refractivity (Wildman–Crippen MR) is 72.1 cm³/mol. The number of benzene rings is 1. The van der Waals surface area contributed by atoms with Crippen molar-refractivity contribution in [2.45, 2.75) is 12.3 Å². The van der Waals surface area contributed by atoms with E-state index in [1.54, 1.807) is 0 Å². The van der Waals surface area contributed by atoms with Crippen LogP contribution >= 0.6 is 34.8 Å². The highest BCUT2D eigenvalue weighted by Crippen LogP contribution is 2.24. The van der Waals surface area contributed by atoms with Crippen LogP contribution in [0.2, 0.25) is 10.0 Å². The second kappa shape index (κ2) is 6.89. The van der Waals surface area contributed by atoms with Crippen molar-refractivity contribution in [3.63, 3.8) is 0 Å². The van der Waals surface area contributed by atoms with Crippen LogP contribution < -0.4 is 0 Å². The Morgan fingerprint density at radius 2 is 1.84 bits per heavy atom. The van der Waals surface area contributed by atoms with Crippen LogP contribution in [0, 0.1) is 0 Å². The van der Waals surface area contributed by atoms with Crippen molar-refractivity contribution < 1.29 is 19.1 Å². The minimum Gasteiger partial charge on any atom is -0.460 e. The predicted octanol–water partition coefficient (Wildman–Crippen LogP) is 2.92. The molecule has 0 radical (unpaired) electrons. The van der Waals surface area contributed by atoms with Crippen LogP contribution in [0.5, 0.6) is 0 Å². The molecule has 1 atom stereocenters. The molecule has 4 nitrogen and oxygen atoms in total. The summed E-state index contributed by atoms with van der Waals surface area (Å²) in [5.41, 5.74) is 0.0899. The first-order valence-electron chi connectivity index (χ1n) is 5.22. The largest absolute Gasteiger partial charge is 0.460 e. The Labute approximate surface area is 124 Å². The molecule has 0 bridgehead atoms. The van der Waals surface area contributed by atoms with E-state index in [9.17, 15) is 14.4 Å². The third kappa shape index (κ3) is 3.93. The van der Waals surface area contributed by atoms with Crippen LogP contribution in [0.1, 0.15) is 17.3 Å². The van der Waals surface area contributed by atoms with Gasteiger partial charge in [-0.25, -0.2) is 4.79 Å². The number of alkyl halides is 1. The number of esters is 1. The summed E-state index contributed by atoms with van der Waals surface area (Å²) in [7, 11) is 0.